The summed E-state index contributed by atoms with van der Waals surface area (Å²) in [6, 6.07) is 7.65. The van der Waals surface area contributed by atoms with Gasteiger partial charge in [-0.05, 0) is 19.1 Å². The Morgan fingerprint density at radius 3 is 2.76 bits per heavy atom. The van der Waals surface area contributed by atoms with Crippen LogP contribution >= 0.6 is 0 Å². The number of carbonyl (C=O) groups is 2. The summed E-state index contributed by atoms with van der Waals surface area (Å²) in [5.74, 6) is -2.52. The summed E-state index contributed by atoms with van der Waals surface area (Å²) < 4.78 is 5.85. The number of aliphatic carboxylic acids is 1. The molecule has 0 aliphatic carbocycles. The fourth-order valence-electron chi connectivity index (χ4n) is 3.72. The third-order valence-corrected chi connectivity index (χ3v) is 4.73. The molecule has 1 N–H and O–H groups in total. The summed E-state index contributed by atoms with van der Waals surface area (Å²) in [6.07, 6.45) is 3.17. The molecular weight excluding hydrogens is 270 g/mol. The average molecular weight is 285 g/mol. The fourth-order valence-corrected chi connectivity index (χ4v) is 3.72. The van der Waals surface area contributed by atoms with Crippen molar-refractivity contribution in [2.75, 3.05) is 11.4 Å². The van der Waals surface area contributed by atoms with E-state index in [0.717, 1.165) is 11.3 Å². The lowest BCUT2D eigenvalue weighted by Crippen LogP contribution is -2.39. The van der Waals surface area contributed by atoms with Gasteiger partial charge in [0.2, 0.25) is 5.91 Å². The topological polar surface area (TPSA) is 66.8 Å². The number of benzene rings is 1. The molecule has 3 aliphatic heterocycles. The Labute approximate surface area is 121 Å². The molecule has 1 aromatic carbocycles. The SMILES string of the molecule is Cc1ccc(N2CC34C=C[C@@H](O3)[C@H](C(=O)O)[C@@H]4C2=O)cc1. The van der Waals surface area contributed by atoms with Gasteiger partial charge in [0.15, 0.2) is 0 Å². The Morgan fingerprint density at radius 2 is 2.10 bits per heavy atom. The van der Waals surface area contributed by atoms with E-state index in [-0.39, 0.29) is 5.91 Å². The number of nitrogens with zero attached hydrogens (tertiary/aromatic N) is 1. The Hall–Kier alpha value is -2.14. The summed E-state index contributed by atoms with van der Waals surface area (Å²) >= 11 is 0. The molecule has 1 unspecified atom stereocenters. The summed E-state index contributed by atoms with van der Waals surface area (Å²) in [7, 11) is 0. The molecule has 0 aromatic heterocycles. The Kier molecular flexibility index (Phi) is 2.37. The van der Waals surface area contributed by atoms with E-state index in [9.17, 15) is 14.7 Å². The average Bonchev–Trinajstić information content (AvgIpc) is 3.08. The van der Waals surface area contributed by atoms with Crippen LogP contribution in [0.15, 0.2) is 36.4 Å². The van der Waals surface area contributed by atoms with Gasteiger partial charge in [-0.3, -0.25) is 9.59 Å². The predicted molar refractivity (Wildman–Crippen MR) is 74.9 cm³/mol. The molecule has 1 aromatic rings. The molecular formula is C16H15NO4. The van der Waals surface area contributed by atoms with Crippen LogP contribution in [0, 0.1) is 18.8 Å². The molecule has 4 rings (SSSR count). The lowest BCUT2D eigenvalue weighted by atomic mass is 9.77. The van der Waals surface area contributed by atoms with Crippen LogP contribution in [0.1, 0.15) is 5.56 Å². The summed E-state index contributed by atoms with van der Waals surface area (Å²) in [6.45, 7) is 2.37. The number of ether oxygens (including phenoxy) is 1. The van der Waals surface area contributed by atoms with E-state index < -0.39 is 29.5 Å². The van der Waals surface area contributed by atoms with Crippen LogP contribution in [0.2, 0.25) is 0 Å². The van der Waals surface area contributed by atoms with Crippen LogP contribution in [0.25, 0.3) is 0 Å². The minimum absolute atomic E-state index is 0.155. The highest BCUT2D eigenvalue weighted by Crippen LogP contribution is 2.52. The van der Waals surface area contributed by atoms with Crippen LogP contribution in [-0.2, 0) is 14.3 Å². The Bertz CT molecular complexity index is 665. The molecule has 4 atom stereocenters. The van der Waals surface area contributed by atoms with E-state index in [2.05, 4.69) is 0 Å². The lowest BCUT2D eigenvalue weighted by Gasteiger charge is -2.21. The van der Waals surface area contributed by atoms with Crippen molar-refractivity contribution in [1.82, 2.24) is 0 Å². The highest BCUT2D eigenvalue weighted by atomic mass is 16.5. The van der Waals surface area contributed by atoms with Gasteiger partial charge in [-0.25, -0.2) is 0 Å². The van der Waals surface area contributed by atoms with Gasteiger partial charge in [0.25, 0.3) is 0 Å². The normalized spacial score (nSPS) is 36.3. The second kappa shape index (κ2) is 3.95. The van der Waals surface area contributed by atoms with Gasteiger partial charge in [0.1, 0.15) is 11.5 Å². The van der Waals surface area contributed by atoms with Crippen molar-refractivity contribution < 1.29 is 19.4 Å². The molecule has 0 radical (unpaired) electrons. The zero-order valence-electron chi connectivity index (χ0n) is 11.5. The largest absolute Gasteiger partial charge is 0.481 e. The van der Waals surface area contributed by atoms with Crippen molar-refractivity contribution in [3.63, 3.8) is 0 Å². The molecule has 3 heterocycles. The van der Waals surface area contributed by atoms with Crippen molar-refractivity contribution in [3.05, 3.63) is 42.0 Å². The smallest absolute Gasteiger partial charge is 0.310 e. The molecule has 5 nitrogen and oxygen atoms in total. The number of carbonyl (C=O) groups excluding carboxylic acids is 1. The highest BCUT2D eigenvalue weighted by Gasteiger charge is 2.67. The number of hydrogen-bond donors (Lipinski definition) is 1. The first-order valence-corrected chi connectivity index (χ1v) is 7.00. The standard InChI is InChI=1S/C16H15NO4/c1-9-2-4-10(5-3-9)17-8-16-7-6-11(21-16)12(15(19)20)13(16)14(17)18/h2-7,11-13H,8H2,1H3,(H,19,20)/t11-,12+,13-,16?/m1/s1. The van der Waals surface area contributed by atoms with E-state index in [1.807, 2.05) is 37.3 Å². The molecule has 3 aliphatic rings. The number of anilines is 1. The quantitative estimate of drug-likeness (QED) is 0.833. The number of fused-ring (bicyclic) bond motifs is 1. The van der Waals surface area contributed by atoms with E-state index in [0.29, 0.717) is 6.54 Å². The van der Waals surface area contributed by atoms with Crippen LogP contribution in [0.3, 0.4) is 0 Å². The Morgan fingerprint density at radius 1 is 1.38 bits per heavy atom. The van der Waals surface area contributed by atoms with E-state index in [1.54, 1.807) is 11.0 Å². The first kappa shape index (κ1) is 12.6. The van der Waals surface area contributed by atoms with Crippen molar-refractivity contribution >= 4 is 17.6 Å². The van der Waals surface area contributed by atoms with Crippen LogP contribution in [0.5, 0.6) is 0 Å². The molecule has 5 heteroatoms. The van der Waals surface area contributed by atoms with Crippen molar-refractivity contribution in [2.45, 2.75) is 18.6 Å². The minimum Gasteiger partial charge on any atom is -0.481 e. The molecule has 2 saturated heterocycles. The van der Waals surface area contributed by atoms with E-state index in [1.165, 1.54) is 0 Å². The van der Waals surface area contributed by atoms with Crippen molar-refractivity contribution in [1.29, 1.82) is 0 Å². The third kappa shape index (κ3) is 1.55. The predicted octanol–water partition coefficient (Wildman–Crippen LogP) is 1.37. The van der Waals surface area contributed by atoms with E-state index in [4.69, 9.17) is 4.74 Å². The first-order valence-electron chi connectivity index (χ1n) is 7.00. The molecule has 108 valence electrons. The van der Waals surface area contributed by atoms with Gasteiger partial charge in [-0.2, -0.15) is 0 Å². The van der Waals surface area contributed by atoms with Crippen molar-refractivity contribution in [3.8, 4) is 0 Å². The van der Waals surface area contributed by atoms with Crippen molar-refractivity contribution in [2.24, 2.45) is 11.8 Å². The number of carboxylic acids is 1. The molecule has 21 heavy (non-hydrogen) atoms. The monoisotopic (exact) mass is 285 g/mol. The summed E-state index contributed by atoms with van der Waals surface area (Å²) in [4.78, 5) is 25.8. The second-order valence-corrected chi connectivity index (χ2v) is 6.00. The van der Waals surface area contributed by atoms with E-state index >= 15 is 0 Å². The zero-order chi connectivity index (χ0) is 14.8. The number of hydrogen-bond acceptors (Lipinski definition) is 3. The van der Waals surface area contributed by atoms with Gasteiger partial charge in [0, 0.05) is 5.69 Å². The van der Waals surface area contributed by atoms with Crippen LogP contribution in [-0.4, -0.2) is 35.2 Å². The fraction of sp³-hybridized carbons (Fsp3) is 0.375. The number of amides is 1. The minimum atomic E-state index is -0.963. The summed E-state index contributed by atoms with van der Waals surface area (Å²) in [5, 5.41) is 9.41. The maximum atomic E-state index is 12.7. The molecule has 0 saturated carbocycles. The number of rotatable bonds is 2. The highest BCUT2D eigenvalue weighted by molar-refractivity contribution is 6.02. The number of aryl methyl sites for hydroxylation is 1. The molecule has 2 fully saturated rings. The molecule has 2 bridgehead atoms. The van der Waals surface area contributed by atoms with Gasteiger partial charge in [0.05, 0.1) is 18.6 Å². The maximum absolute atomic E-state index is 12.7. The lowest BCUT2D eigenvalue weighted by molar-refractivity contribution is -0.146. The van der Waals surface area contributed by atoms with Gasteiger partial charge >= 0.3 is 5.97 Å². The first-order chi connectivity index (χ1) is 10.0. The van der Waals surface area contributed by atoms with Gasteiger partial charge < -0.3 is 14.7 Å². The van der Waals surface area contributed by atoms with Gasteiger partial charge in [-0.1, -0.05) is 29.8 Å². The van der Waals surface area contributed by atoms with Gasteiger partial charge in [-0.15, -0.1) is 0 Å². The summed E-state index contributed by atoms with van der Waals surface area (Å²) in [5.41, 5.74) is 1.14. The second-order valence-electron chi connectivity index (χ2n) is 6.00. The van der Waals surface area contributed by atoms with Crippen LogP contribution in [0.4, 0.5) is 5.69 Å². The third-order valence-electron chi connectivity index (χ3n) is 4.73. The number of carboxylic acid groups (broad SMARTS) is 1. The Balaban J connectivity index is 1.73. The zero-order valence-corrected chi connectivity index (χ0v) is 11.5. The van der Waals surface area contributed by atoms with Crippen LogP contribution < -0.4 is 4.90 Å². The molecule has 1 amide bonds. The maximum Gasteiger partial charge on any atom is 0.310 e. The molecule has 1 spiro atoms.